The predicted octanol–water partition coefficient (Wildman–Crippen LogP) is 11.6. The number of hydrogen-bond acceptors (Lipinski definition) is 4. The first-order valence-electron chi connectivity index (χ1n) is 19.1. The molecule has 0 saturated carbocycles. The van der Waals surface area contributed by atoms with E-state index in [1.165, 1.54) is 128 Å². The number of hydrogen-bond donors (Lipinski definition) is 4. The lowest BCUT2D eigenvalue weighted by Crippen LogP contribution is -1.93. The van der Waals surface area contributed by atoms with Crippen molar-refractivity contribution in [3.63, 3.8) is 0 Å². The molecule has 0 rings (SSSR count). The van der Waals surface area contributed by atoms with Crippen molar-refractivity contribution in [1.29, 1.82) is 0 Å². The van der Waals surface area contributed by atoms with Crippen LogP contribution in [0.1, 0.15) is 218 Å². The molecule has 0 radical (unpaired) electrons. The Morgan fingerprint density at radius 1 is 0.196 bits per heavy atom. The van der Waals surface area contributed by atoms with Crippen LogP contribution in [0.25, 0.3) is 0 Å². The SMILES string of the molecule is O=C(O)CCCCCCCCCCCCC(=O)O.O=C(O)CCCCCCCCCCCCCCCCCCCCCCC(=O)O. The second-order valence-electron chi connectivity index (χ2n) is 13.2. The van der Waals surface area contributed by atoms with Crippen LogP contribution in [0.5, 0.6) is 0 Å². The molecular weight excluding hydrogens is 584 g/mol. The molecule has 0 spiro atoms. The first-order chi connectivity index (χ1) is 22.3. The standard InChI is InChI=1S/C24H46O4.C14H26O4/c25-23(26)21-19-17-15-13-11-9-7-5-3-1-2-4-6-8-10-12-14-16-18-20-22-24(27)28;15-13(16)11-9-7-5-3-1-2-4-6-8-10-12-14(17)18/h1-22H2,(H,25,26)(H,27,28);1-12H2,(H,15,16)(H,17,18). The monoisotopic (exact) mass is 657 g/mol. The summed E-state index contributed by atoms with van der Waals surface area (Å²) in [6, 6.07) is 0. The summed E-state index contributed by atoms with van der Waals surface area (Å²) >= 11 is 0. The summed E-state index contributed by atoms with van der Waals surface area (Å²) in [6.07, 6.45) is 37.0. The first kappa shape index (κ1) is 46.0. The zero-order chi connectivity index (χ0) is 34.4. The molecule has 4 N–H and O–H groups in total. The van der Waals surface area contributed by atoms with E-state index in [0.717, 1.165) is 64.2 Å². The molecule has 272 valence electrons. The average molecular weight is 657 g/mol. The maximum atomic E-state index is 10.4. The van der Waals surface area contributed by atoms with Gasteiger partial charge in [-0.25, -0.2) is 0 Å². The zero-order valence-corrected chi connectivity index (χ0v) is 29.5. The van der Waals surface area contributed by atoms with Gasteiger partial charge in [-0.15, -0.1) is 0 Å². The lowest BCUT2D eigenvalue weighted by Gasteiger charge is -2.04. The molecule has 8 heteroatoms. The molecule has 0 heterocycles. The van der Waals surface area contributed by atoms with Gasteiger partial charge in [0.05, 0.1) is 0 Å². The van der Waals surface area contributed by atoms with Gasteiger partial charge in [-0.3, -0.25) is 19.2 Å². The Kier molecular flexibility index (Phi) is 39.1. The van der Waals surface area contributed by atoms with Crippen LogP contribution < -0.4 is 0 Å². The van der Waals surface area contributed by atoms with E-state index in [2.05, 4.69) is 0 Å². The van der Waals surface area contributed by atoms with Crippen LogP contribution >= 0.6 is 0 Å². The third-order valence-electron chi connectivity index (χ3n) is 8.56. The molecule has 8 nitrogen and oxygen atoms in total. The maximum Gasteiger partial charge on any atom is 0.303 e. The van der Waals surface area contributed by atoms with Crippen molar-refractivity contribution in [3.05, 3.63) is 0 Å². The molecule has 0 saturated heterocycles. The number of rotatable bonds is 36. The Morgan fingerprint density at radius 2 is 0.283 bits per heavy atom. The van der Waals surface area contributed by atoms with Crippen LogP contribution in [0.15, 0.2) is 0 Å². The van der Waals surface area contributed by atoms with E-state index in [4.69, 9.17) is 20.4 Å². The van der Waals surface area contributed by atoms with Crippen molar-refractivity contribution in [2.24, 2.45) is 0 Å². The van der Waals surface area contributed by atoms with Gasteiger partial charge in [0.25, 0.3) is 0 Å². The Bertz CT molecular complexity index is 636. The van der Waals surface area contributed by atoms with E-state index in [1.54, 1.807) is 0 Å². The minimum Gasteiger partial charge on any atom is -0.481 e. The molecule has 0 fully saturated rings. The van der Waals surface area contributed by atoms with Crippen LogP contribution in [0.3, 0.4) is 0 Å². The van der Waals surface area contributed by atoms with Gasteiger partial charge in [0.2, 0.25) is 0 Å². The number of aliphatic carboxylic acids is 4. The van der Waals surface area contributed by atoms with E-state index >= 15 is 0 Å². The average Bonchev–Trinajstić information content (AvgIpc) is 3.00. The third-order valence-corrected chi connectivity index (χ3v) is 8.56. The van der Waals surface area contributed by atoms with E-state index in [0.29, 0.717) is 25.7 Å². The summed E-state index contributed by atoms with van der Waals surface area (Å²) in [4.78, 5) is 41.3. The van der Waals surface area contributed by atoms with Crippen molar-refractivity contribution in [3.8, 4) is 0 Å². The van der Waals surface area contributed by atoms with Gasteiger partial charge in [-0.2, -0.15) is 0 Å². The van der Waals surface area contributed by atoms with Gasteiger partial charge in [-0.05, 0) is 25.7 Å². The molecule has 0 atom stereocenters. The molecule has 0 aliphatic carbocycles. The van der Waals surface area contributed by atoms with Crippen molar-refractivity contribution >= 4 is 23.9 Å². The Hall–Kier alpha value is -2.12. The minimum atomic E-state index is -0.698. The quantitative estimate of drug-likeness (QED) is 0.0486. The second-order valence-corrected chi connectivity index (χ2v) is 13.2. The van der Waals surface area contributed by atoms with E-state index in [1.807, 2.05) is 0 Å². The largest absolute Gasteiger partial charge is 0.481 e. The highest BCUT2D eigenvalue weighted by atomic mass is 16.4. The highest BCUT2D eigenvalue weighted by Crippen LogP contribution is 2.16. The molecular formula is C38H72O8. The molecule has 0 aromatic rings. The molecule has 0 aliphatic heterocycles. The van der Waals surface area contributed by atoms with Gasteiger partial charge >= 0.3 is 23.9 Å². The normalized spacial score (nSPS) is 10.8. The highest BCUT2D eigenvalue weighted by molar-refractivity contribution is 5.67. The summed E-state index contributed by atoms with van der Waals surface area (Å²) in [5.41, 5.74) is 0. The maximum absolute atomic E-state index is 10.4. The molecule has 0 aliphatic rings. The van der Waals surface area contributed by atoms with Crippen LogP contribution in [-0.4, -0.2) is 44.3 Å². The van der Waals surface area contributed by atoms with E-state index in [-0.39, 0.29) is 0 Å². The summed E-state index contributed by atoms with van der Waals surface area (Å²) in [5, 5.41) is 34.1. The smallest absolute Gasteiger partial charge is 0.303 e. The van der Waals surface area contributed by atoms with Gasteiger partial charge in [0.1, 0.15) is 0 Å². The summed E-state index contributed by atoms with van der Waals surface area (Å²) in [7, 11) is 0. The van der Waals surface area contributed by atoms with E-state index < -0.39 is 23.9 Å². The van der Waals surface area contributed by atoms with Crippen molar-refractivity contribution in [1.82, 2.24) is 0 Å². The first-order valence-corrected chi connectivity index (χ1v) is 19.1. The molecule has 0 aromatic carbocycles. The lowest BCUT2D eigenvalue weighted by molar-refractivity contribution is -0.138. The summed E-state index contributed by atoms with van der Waals surface area (Å²) < 4.78 is 0. The Labute approximate surface area is 281 Å². The van der Waals surface area contributed by atoms with Crippen LogP contribution in [0.2, 0.25) is 0 Å². The number of carbonyl (C=O) groups is 4. The lowest BCUT2D eigenvalue weighted by atomic mass is 10.0. The molecule has 0 bridgehead atoms. The summed E-state index contributed by atoms with van der Waals surface area (Å²) in [6.45, 7) is 0. The van der Waals surface area contributed by atoms with Crippen molar-refractivity contribution < 1.29 is 39.6 Å². The fraction of sp³-hybridized carbons (Fsp3) is 0.895. The van der Waals surface area contributed by atoms with Crippen molar-refractivity contribution in [2.75, 3.05) is 0 Å². The van der Waals surface area contributed by atoms with Gasteiger partial charge in [-0.1, -0.05) is 167 Å². The number of unbranched alkanes of at least 4 members (excludes halogenated alkanes) is 28. The Balaban J connectivity index is 0. The van der Waals surface area contributed by atoms with Crippen LogP contribution in [0.4, 0.5) is 0 Å². The molecule has 0 aromatic heterocycles. The van der Waals surface area contributed by atoms with E-state index in [9.17, 15) is 19.2 Å². The topological polar surface area (TPSA) is 149 Å². The van der Waals surface area contributed by atoms with Crippen LogP contribution in [-0.2, 0) is 19.2 Å². The third kappa shape index (κ3) is 48.8. The van der Waals surface area contributed by atoms with Gasteiger partial charge in [0, 0.05) is 25.7 Å². The fourth-order valence-electron chi connectivity index (χ4n) is 5.70. The number of carboxylic acid groups (broad SMARTS) is 4. The Morgan fingerprint density at radius 3 is 0.370 bits per heavy atom. The molecule has 46 heavy (non-hydrogen) atoms. The predicted molar refractivity (Wildman–Crippen MR) is 188 cm³/mol. The second kappa shape index (κ2) is 39.1. The number of carboxylic acids is 4. The molecule has 0 unspecified atom stereocenters. The minimum absolute atomic E-state index is 0.295. The van der Waals surface area contributed by atoms with Gasteiger partial charge in [0.15, 0.2) is 0 Å². The molecule has 0 amide bonds. The highest BCUT2D eigenvalue weighted by Gasteiger charge is 2.00. The fourth-order valence-corrected chi connectivity index (χ4v) is 5.70. The van der Waals surface area contributed by atoms with Gasteiger partial charge < -0.3 is 20.4 Å². The zero-order valence-electron chi connectivity index (χ0n) is 29.5. The van der Waals surface area contributed by atoms with Crippen LogP contribution in [0, 0.1) is 0 Å². The summed E-state index contributed by atoms with van der Waals surface area (Å²) in [5.74, 6) is -2.73. The van der Waals surface area contributed by atoms with Crippen molar-refractivity contribution in [2.45, 2.75) is 218 Å².